The molecule has 0 amide bonds. The van der Waals surface area contributed by atoms with Gasteiger partial charge in [-0.1, -0.05) is 0 Å². The van der Waals surface area contributed by atoms with E-state index in [9.17, 15) is 0 Å². The van der Waals surface area contributed by atoms with Crippen LogP contribution in [0, 0.1) is 11.3 Å². The van der Waals surface area contributed by atoms with Gasteiger partial charge < -0.3 is 9.64 Å². The van der Waals surface area contributed by atoms with Gasteiger partial charge in [-0.05, 0) is 31.0 Å². The van der Waals surface area contributed by atoms with Crippen LogP contribution in [0.4, 0.5) is 5.69 Å². The summed E-state index contributed by atoms with van der Waals surface area (Å²) in [5.41, 5.74) is 1.74. The Balaban J connectivity index is 2.34. The highest BCUT2D eigenvalue weighted by molar-refractivity contribution is 5.62. The van der Waals surface area contributed by atoms with Gasteiger partial charge in [-0.25, -0.2) is 0 Å². The monoisotopic (exact) mass is 202 g/mol. The van der Waals surface area contributed by atoms with Crippen molar-refractivity contribution >= 4 is 5.69 Å². The summed E-state index contributed by atoms with van der Waals surface area (Å²) < 4.78 is 5.10. The van der Waals surface area contributed by atoms with Gasteiger partial charge in [0.05, 0.1) is 18.4 Å². The molecule has 1 fully saturated rings. The topological polar surface area (TPSA) is 36.3 Å². The number of hydrogen-bond acceptors (Lipinski definition) is 3. The smallest absolute Gasteiger partial charge is 0.120 e. The highest BCUT2D eigenvalue weighted by Gasteiger charge is 2.15. The molecule has 3 nitrogen and oxygen atoms in total. The third kappa shape index (κ3) is 1.89. The number of benzene rings is 1. The summed E-state index contributed by atoms with van der Waals surface area (Å²) in [7, 11) is 1.62. The minimum absolute atomic E-state index is 0.705. The zero-order valence-electron chi connectivity index (χ0n) is 8.86. The maximum absolute atomic E-state index is 9.07. The van der Waals surface area contributed by atoms with E-state index in [0.717, 1.165) is 24.5 Å². The van der Waals surface area contributed by atoms with Crippen LogP contribution in [0.25, 0.3) is 0 Å². The van der Waals surface area contributed by atoms with E-state index < -0.39 is 0 Å². The van der Waals surface area contributed by atoms with Crippen molar-refractivity contribution in [3.8, 4) is 11.8 Å². The Morgan fingerprint density at radius 2 is 2.07 bits per heavy atom. The molecule has 3 heteroatoms. The van der Waals surface area contributed by atoms with Gasteiger partial charge in [0.1, 0.15) is 11.8 Å². The van der Waals surface area contributed by atoms with Gasteiger partial charge in [0.15, 0.2) is 0 Å². The zero-order valence-corrected chi connectivity index (χ0v) is 8.86. The first-order valence-electron chi connectivity index (χ1n) is 5.18. The van der Waals surface area contributed by atoms with Gasteiger partial charge in [0.25, 0.3) is 0 Å². The molecule has 1 aromatic carbocycles. The van der Waals surface area contributed by atoms with Crippen molar-refractivity contribution < 1.29 is 4.74 Å². The minimum Gasteiger partial charge on any atom is -0.497 e. The molecule has 0 saturated carbocycles. The van der Waals surface area contributed by atoms with E-state index in [1.807, 2.05) is 12.1 Å². The fourth-order valence-electron chi connectivity index (χ4n) is 1.97. The van der Waals surface area contributed by atoms with Crippen LogP contribution in [0.1, 0.15) is 18.4 Å². The van der Waals surface area contributed by atoms with Crippen LogP contribution in [0.3, 0.4) is 0 Å². The third-order valence-corrected chi connectivity index (χ3v) is 2.77. The van der Waals surface area contributed by atoms with E-state index in [1.165, 1.54) is 12.8 Å². The lowest BCUT2D eigenvalue weighted by molar-refractivity contribution is 0.414. The SMILES string of the molecule is COc1ccc(N2CCCC2)c(C#N)c1. The van der Waals surface area contributed by atoms with Crippen LogP contribution in [-0.2, 0) is 0 Å². The average molecular weight is 202 g/mol. The van der Waals surface area contributed by atoms with E-state index in [4.69, 9.17) is 10.00 Å². The van der Waals surface area contributed by atoms with Gasteiger partial charge in [0.2, 0.25) is 0 Å². The molecule has 0 spiro atoms. The molecule has 1 aliphatic rings. The summed E-state index contributed by atoms with van der Waals surface area (Å²) in [5.74, 6) is 0.745. The van der Waals surface area contributed by atoms with Gasteiger partial charge in [0, 0.05) is 13.1 Å². The van der Waals surface area contributed by atoms with Crippen LogP contribution in [0.15, 0.2) is 18.2 Å². The molecular formula is C12H14N2O. The standard InChI is InChI=1S/C12H14N2O/c1-15-11-4-5-12(10(8-11)9-13)14-6-2-3-7-14/h4-5,8H,2-3,6-7H2,1H3. The Kier molecular flexibility index (Phi) is 2.77. The quantitative estimate of drug-likeness (QED) is 0.737. The fourth-order valence-corrected chi connectivity index (χ4v) is 1.97. The average Bonchev–Trinajstić information content (AvgIpc) is 2.81. The molecular weight excluding hydrogens is 188 g/mol. The first-order valence-corrected chi connectivity index (χ1v) is 5.18. The molecule has 0 aliphatic carbocycles. The fraction of sp³-hybridized carbons (Fsp3) is 0.417. The number of anilines is 1. The molecule has 78 valence electrons. The molecule has 0 atom stereocenters. The van der Waals surface area contributed by atoms with Gasteiger partial charge >= 0.3 is 0 Å². The number of ether oxygens (including phenoxy) is 1. The van der Waals surface area contributed by atoms with E-state index in [-0.39, 0.29) is 0 Å². The maximum atomic E-state index is 9.07. The Bertz CT molecular complexity index is 389. The number of nitriles is 1. The summed E-state index contributed by atoms with van der Waals surface area (Å²) >= 11 is 0. The molecule has 0 unspecified atom stereocenters. The zero-order chi connectivity index (χ0) is 10.7. The van der Waals surface area contributed by atoms with Crippen LogP contribution in [0.2, 0.25) is 0 Å². The Labute approximate surface area is 89.9 Å². The van der Waals surface area contributed by atoms with Crippen molar-refractivity contribution in [3.63, 3.8) is 0 Å². The van der Waals surface area contributed by atoms with Crippen molar-refractivity contribution in [2.45, 2.75) is 12.8 Å². The van der Waals surface area contributed by atoms with Crippen molar-refractivity contribution in [1.82, 2.24) is 0 Å². The van der Waals surface area contributed by atoms with Crippen LogP contribution < -0.4 is 9.64 Å². The first-order chi connectivity index (χ1) is 7.35. The van der Waals surface area contributed by atoms with Crippen LogP contribution in [0.5, 0.6) is 5.75 Å². The number of nitrogens with zero attached hydrogens (tertiary/aromatic N) is 2. The van der Waals surface area contributed by atoms with Crippen molar-refractivity contribution in [1.29, 1.82) is 5.26 Å². The summed E-state index contributed by atoms with van der Waals surface area (Å²) in [5, 5.41) is 9.07. The highest BCUT2D eigenvalue weighted by Crippen LogP contribution is 2.27. The molecule has 1 saturated heterocycles. The summed E-state index contributed by atoms with van der Waals surface area (Å²) in [6.45, 7) is 2.11. The number of hydrogen-bond donors (Lipinski definition) is 0. The van der Waals surface area contributed by atoms with Gasteiger partial charge in [-0.15, -0.1) is 0 Å². The van der Waals surface area contributed by atoms with E-state index >= 15 is 0 Å². The van der Waals surface area contributed by atoms with Crippen LogP contribution >= 0.6 is 0 Å². The molecule has 0 N–H and O–H groups in total. The Morgan fingerprint density at radius 1 is 1.33 bits per heavy atom. The minimum atomic E-state index is 0.705. The van der Waals surface area contributed by atoms with E-state index in [2.05, 4.69) is 11.0 Å². The molecule has 2 rings (SSSR count). The summed E-state index contributed by atoms with van der Waals surface area (Å²) in [6.07, 6.45) is 2.44. The molecule has 1 heterocycles. The van der Waals surface area contributed by atoms with Gasteiger partial charge in [-0.2, -0.15) is 5.26 Å². The number of rotatable bonds is 2. The predicted octanol–water partition coefficient (Wildman–Crippen LogP) is 2.17. The number of methoxy groups -OCH3 is 1. The maximum Gasteiger partial charge on any atom is 0.120 e. The van der Waals surface area contributed by atoms with Crippen molar-refractivity contribution in [2.75, 3.05) is 25.1 Å². The molecule has 15 heavy (non-hydrogen) atoms. The molecule has 0 aromatic heterocycles. The van der Waals surface area contributed by atoms with Crippen LogP contribution in [-0.4, -0.2) is 20.2 Å². The highest BCUT2D eigenvalue weighted by atomic mass is 16.5. The van der Waals surface area contributed by atoms with Crippen molar-refractivity contribution in [3.05, 3.63) is 23.8 Å². The second-order valence-corrected chi connectivity index (χ2v) is 3.69. The lowest BCUT2D eigenvalue weighted by Crippen LogP contribution is -2.18. The van der Waals surface area contributed by atoms with E-state index in [0.29, 0.717) is 5.56 Å². The summed E-state index contributed by atoms with van der Waals surface area (Å²) in [4.78, 5) is 2.26. The van der Waals surface area contributed by atoms with Gasteiger partial charge in [-0.3, -0.25) is 0 Å². The lowest BCUT2D eigenvalue weighted by atomic mass is 10.1. The lowest BCUT2D eigenvalue weighted by Gasteiger charge is -2.19. The first kappa shape index (κ1) is 9.85. The second-order valence-electron chi connectivity index (χ2n) is 3.69. The Morgan fingerprint density at radius 3 is 2.67 bits per heavy atom. The second kappa shape index (κ2) is 4.22. The molecule has 0 bridgehead atoms. The largest absolute Gasteiger partial charge is 0.497 e. The van der Waals surface area contributed by atoms with E-state index in [1.54, 1.807) is 13.2 Å². The summed E-state index contributed by atoms with van der Waals surface area (Å²) in [6, 6.07) is 7.91. The normalized spacial score (nSPS) is 15.1. The third-order valence-electron chi connectivity index (χ3n) is 2.77. The molecule has 1 aliphatic heterocycles. The predicted molar refractivity (Wildman–Crippen MR) is 59.2 cm³/mol. The van der Waals surface area contributed by atoms with Crippen molar-refractivity contribution in [2.24, 2.45) is 0 Å². The Hall–Kier alpha value is -1.69. The molecule has 0 radical (unpaired) electrons. The molecule has 1 aromatic rings.